The minimum atomic E-state index is -4.81. The van der Waals surface area contributed by atoms with Crippen LogP contribution < -0.4 is 19.5 Å². The Kier molecular flexibility index (Phi) is 8.14. The van der Waals surface area contributed by atoms with Gasteiger partial charge in [0.05, 0.1) is 11.5 Å². The van der Waals surface area contributed by atoms with Gasteiger partial charge in [-0.1, -0.05) is 17.3 Å². The average Bonchev–Trinajstić information content (AvgIpc) is 3.18. The van der Waals surface area contributed by atoms with Crippen molar-refractivity contribution in [3.63, 3.8) is 0 Å². The van der Waals surface area contributed by atoms with Gasteiger partial charge in [-0.3, -0.25) is 14.9 Å². The summed E-state index contributed by atoms with van der Waals surface area (Å²) < 4.78 is 56.6. The first-order valence-corrected chi connectivity index (χ1v) is 10.4. The third kappa shape index (κ3) is 7.22. The maximum Gasteiger partial charge on any atom is 0.573 e. The van der Waals surface area contributed by atoms with Crippen LogP contribution >= 0.6 is 0 Å². The van der Waals surface area contributed by atoms with E-state index in [0.717, 1.165) is 12.1 Å². The van der Waals surface area contributed by atoms with E-state index in [4.69, 9.17) is 14.0 Å². The van der Waals surface area contributed by atoms with Crippen molar-refractivity contribution in [3.8, 4) is 17.2 Å². The Morgan fingerprint density at radius 3 is 2.50 bits per heavy atom. The van der Waals surface area contributed by atoms with Crippen molar-refractivity contribution in [3.05, 3.63) is 69.6 Å². The summed E-state index contributed by atoms with van der Waals surface area (Å²) in [6, 6.07) is 9.46. The van der Waals surface area contributed by atoms with Gasteiger partial charge >= 0.3 is 12.0 Å². The van der Waals surface area contributed by atoms with Crippen molar-refractivity contribution in [1.29, 1.82) is 0 Å². The van der Waals surface area contributed by atoms with Crippen molar-refractivity contribution in [2.45, 2.75) is 20.2 Å². The molecule has 1 heterocycles. The second-order valence-corrected chi connectivity index (χ2v) is 7.12. The predicted molar refractivity (Wildman–Crippen MR) is 122 cm³/mol. The number of hydrogen-bond donors (Lipinski definition) is 1. The van der Waals surface area contributed by atoms with Crippen molar-refractivity contribution in [2.75, 3.05) is 18.5 Å². The minimum absolute atomic E-state index is 0.00883. The van der Waals surface area contributed by atoms with Gasteiger partial charge in [0.25, 0.3) is 5.91 Å². The Morgan fingerprint density at radius 2 is 1.86 bits per heavy atom. The number of aryl methyl sites for hydroxylation is 1. The Bertz CT molecular complexity index is 1250. The molecule has 0 aliphatic carbocycles. The molecule has 0 aliphatic heterocycles. The molecule has 0 radical (unpaired) electrons. The van der Waals surface area contributed by atoms with Crippen molar-refractivity contribution in [1.82, 2.24) is 5.16 Å². The number of carbonyl (C=O) groups is 1. The van der Waals surface area contributed by atoms with E-state index >= 15 is 0 Å². The highest BCUT2D eigenvalue weighted by Gasteiger charge is 2.31. The number of rotatable bonds is 10. The number of alkyl halides is 3. The molecule has 0 aliphatic rings. The highest BCUT2D eigenvalue weighted by atomic mass is 19.4. The molecule has 1 N–H and O–H groups in total. The monoisotopic (exact) mass is 507 g/mol. The average molecular weight is 507 g/mol. The van der Waals surface area contributed by atoms with Gasteiger partial charge in [-0.15, -0.1) is 13.2 Å². The minimum Gasteiger partial charge on any atom is -0.490 e. The number of anilines is 1. The lowest BCUT2D eigenvalue weighted by atomic mass is 10.1. The fourth-order valence-corrected chi connectivity index (χ4v) is 2.98. The van der Waals surface area contributed by atoms with Crippen LogP contribution in [0.2, 0.25) is 0 Å². The van der Waals surface area contributed by atoms with Crippen molar-refractivity contribution < 1.29 is 41.6 Å². The van der Waals surface area contributed by atoms with Crippen LogP contribution in [0.15, 0.2) is 47.0 Å². The molecule has 0 unspecified atom stereocenters. The van der Waals surface area contributed by atoms with E-state index in [2.05, 4.69) is 15.2 Å². The zero-order valence-electron chi connectivity index (χ0n) is 19.0. The summed E-state index contributed by atoms with van der Waals surface area (Å²) in [4.78, 5) is 22.8. The summed E-state index contributed by atoms with van der Waals surface area (Å²) in [5.74, 6) is -0.395. The highest BCUT2D eigenvalue weighted by molar-refractivity contribution is 5.92. The second kappa shape index (κ2) is 11.3. The number of aromatic nitrogens is 1. The molecule has 2 aromatic carbocycles. The molecule has 0 fully saturated rings. The zero-order valence-corrected chi connectivity index (χ0v) is 19.0. The first-order valence-electron chi connectivity index (χ1n) is 10.4. The lowest BCUT2D eigenvalue weighted by Gasteiger charge is -2.13. The maximum absolute atomic E-state index is 12.2. The molecule has 0 bridgehead atoms. The molecular formula is C23H20F3N3O7. The quantitative estimate of drug-likeness (QED) is 0.287. The maximum atomic E-state index is 12.2. The summed E-state index contributed by atoms with van der Waals surface area (Å²) in [5, 5.41) is 17.3. The Balaban J connectivity index is 1.64. The summed E-state index contributed by atoms with van der Waals surface area (Å²) in [6.45, 7) is 3.12. The highest BCUT2D eigenvalue weighted by Crippen LogP contribution is 2.30. The number of ether oxygens (including phenoxy) is 3. The third-order valence-electron chi connectivity index (χ3n) is 4.46. The summed E-state index contributed by atoms with van der Waals surface area (Å²) in [7, 11) is 0. The third-order valence-corrected chi connectivity index (χ3v) is 4.46. The fourth-order valence-electron chi connectivity index (χ4n) is 2.98. The molecule has 3 aromatic rings. The lowest BCUT2D eigenvalue weighted by molar-refractivity contribution is -0.386. The predicted octanol–water partition coefficient (Wildman–Crippen LogP) is 5.38. The SMILES string of the molecule is CCOc1cc(/C=C/c2onc(C)c2[N+](=O)[O-])ccc1OCC(=O)Nc1ccc(OC(F)(F)F)cc1. The van der Waals surface area contributed by atoms with E-state index in [0.29, 0.717) is 17.9 Å². The van der Waals surface area contributed by atoms with E-state index in [1.807, 2.05) is 0 Å². The van der Waals surface area contributed by atoms with Crippen molar-refractivity contribution in [2.24, 2.45) is 0 Å². The van der Waals surface area contributed by atoms with Gasteiger partial charge in [-0.25, -0.2) is 0 Å². The lowest BCUT2D eigenvalue weighted by Crippen LogP contribution is -2.20. The van der Waals surface area contributed by atoms with Crippen LogP contribution in [0.3, 0.4) is 0 Å². The van der Waals surface area contributed by atoms with Crippen LogP contribution in [0.5, 0.6) is 17.2 Å². The first-order chi connectivity index (χ1) is 17.1. The number of hydrogen-bond acceptors (Lipinski definition) is 8. The summed E-state index contributed by atoms with van der Waals surface area (Å²) in [6.07, 6.45) is -1.84. The number of nitrogens with one attached hydrogen (secondary N) is 1. The van der Waals surface area contributed by atoms with Crippen LogP contribution in [0.4, 0.5) is 24.5 Å². The Labute approximate surface area is 202 Å². The molecule has 0 saturated heterocycles. The zero-order chi connectivity index (χ0) is 26.3. The molecule has 0 saturated carbocycles. The van der Waals surface area contributed by atoms with Gasteiger partial charge in [0.1, 0.15) is 5.75 Å². The van der Waals surface area contributed by atoms with Crippen LogP contribution in [0.25, 0.3) is 12.2 Å². The largest absolute Gasteiger partial charge is 0.573 e. The molecular weight excluding hydrogens is 487 g/mol. The molecule has 1 amide bonds. The van der Waals surface area contributed by atoms with E-state index in [1.165, 1.54) is 25.1 Å². The van der Waals surface area contributed by atoms with Gasteiger partial charge in [0.2, 0.25) is 5.76 Å². The van der Waals surface area contributed by atoms with Gasteiger partial charge in [-0.05, 0) is 61.9 Å². The van der Waals surface area contributed by atoms with Gasteiger partial charge in [0.15, 0.2) is 23.8 Å². The number of halogens is 3. The number of nitro groups is 1. The Morgan fingerprint density at radius 1 is 1.14 bits per heavy atom. The van der Waals surface area contributed by atoms with Crippen LogP contribution in [-0.4, -0.2) is 35.6 Å². The van der Waals surface area contributed by atoms with Crippen LogP contribution in [0, 0.1) is 17.0 Å². The summed E-state index contributed by atoms with van der Waals surface area (Å²) in [5.41, 5.74) is 0.784. The standard InChI is InChI=1S/C23H20F3N3O7/c1-3-33-20-12-15(5-11-19-22(29(31)32)14(2)28-36-19)4-10-18(20)34-13-21(30)27-16-6-8-17(9-7-16)35-23(24,25)26/h4-12H,3,13H2,1-2H3,(H,27,30)/b11-5+. The topological polar surface area (TPSA) is 126 Å². The van der Waals surface area contributed by atoms with Gasteiger partial charge in [0, 0.05) is 5.69 Å². The van der Waals surface area contributed by atoms with E-state index in [9.17, 15) is 28.1 Å². The van der Waals surface area contributed by atoms with E-state index < -0.39 is 29.5 Å². The molecule has 3 rings (SSSR count). The van der Waals surface area contributed by atoms with Crippen LogP contribution in [-0.2, 0) is 4.79 Å². The molecule has 0 atom stereocenters. The smallest absolute Gasteiger partial charge is 0.490 e. The number of carbonyl (C=O) groups excluding carboxylic acids is 1. The second-order valence-electron chi connectivity index (χ2n) is 7.12. The normalized spacial score (nSPS) is 11.4. The fraction of sp³-hybridized carbons (Fsp3) is 0.217. The molecule has 1 aromatic heterocycles. The molecule has 36 heavy (non-hydrogen) atoms. The van der Waals surface area contributed by atoms with Crippen LogP contribution in [0.1, 0.15) is 23.9 Å². The molecule has 190 valence electrons. The number of amides is 1. The van der Waals surface area contributed by atoms with E-state index in [1.54, 1.807) is 31.2 Å². The Hall–Kier alpha value is -4.55. The van der Waals surface area contributed by atoms with E-state index in [-0.39, 0.29) is 28.6 Å². The molecule has 13 heteroatoms. The molecule has 10 nitrogen and oxygen atoms in total. The number of benzene rings is 2. The number of nitrogens with zero attached hydrogens (tertiary/aromatic N) is 2. The van der Waals surface area contributed by atoms with Gasteiger partial charge in [-0.2, -0.15) is 0 Å². The van der Waals surface area contributed by atoms with Crippen molar-refractivity contribution >= 4 is 29.4 Å². The summed E-state index contributed by atoms with van der Waals surface area (Å²) >= 11 is 0. The van der Waals surface area contributed by atoms with Gasteiger partial charge < -0.3 is 24.1 Å². The molecule has 0 spiro atoms. The first kappa shape index (κ1) is 26.1.